The van der Waals surface area contributed by atoms with Gasteiger partial charge >= 0.3 is 0 Å². The van der Waals surface area contributed by atoms with E-state index in [1.54, 1.807) is 0 Å². The highest BCUT2D eigenvalue weighted by molar-refractivity contribution is 6.22. The molecule has 0 nitrogen and oxygen atoms in total. The number of benzene rings is 10. The minimum atomic E-state index is -0.0536. The Bertz CT molecular complexity index is 3130. The molecule has 0 N–H and O–H groups in total. The van der Waals surface area contributed by atoms with Crippen molar-refractivity contribution >= 4 is 32.3 Å². The molecular formula is C57H40. The Labute approximate surface area is 334 Å². The van der Waals surface area contributed by atoms with E-state index in [9.17, 15) is 0 Å². The molecule has 0 saturated carbocycles. The zero-order chi connectivity index (χ0) is 38.1. The maximum absolute atomic E-state index is 2.47. The van der Waals surface area contributed by atoms with Gasteiger partial charge in [-0.05, 0) is 147 Å². The Morgan fingerprint density at radius 2 is 0.772 bits per heavy atom. The molecule has 0 aromatic heterocycles. The van der Waals surface area contributed by atoms with Crippen LogP contribution in [-0.2, 0) is 5.41 Å². The summed E-state index contributed by atoms with van der Waals surface area (Å²) in [5, 5.41) is 7.52. The SMILES string of the molecule is CC1(C)c2ccccc2-c2cc(-c3c4ccccc4c(-c4cc(-c5ccccc5)cc(-c5ccccc5)c4)c4ccc(-c5ccc6ccccc6c5)cc34)ccc21. The van der Waals surface area contributed by atoms with Crippen LogP contribution in [0.1, 0.15) is 25.0 Å². The molecule has 0 unspecified atom stereocenters. The maximum atomic E-state index is 2.47. The van der Waals surface area contributed by atoms with E-state index in [0.717, 1.165) is 0 Å². The van der Waals surface area contributed by atoms with Crippen LogP contribution < -0.4 is 0 Å². The fourth-order valence-corrected chi connectivity index (χ4v) is 9.59. The van der Waals surface area contributed by atoms with Gasteiger partial charge in [-0.25, -0.2) is 0 Å². The predicted molar refractivity (Wildman–Crippen MR) is 244 cm³/mol. The fourth-order valence-electron chi connectivity index (χ4n) is 9.59. The second-order valence-electron chi connectivity index (χ2n) is 16.1. The second kappa shape index (κ2) is 13.0. The summed E-state index contributed by atoms with van der Waals surface area (Å²) in [6.07, 6.45) is 0. The third-order valence-electron chi connectivity index (χ3n) is 12.4. The highest BCUT2D eigenvalue weighted by Crippen LogP contribution is 2.52. The van der Waals surface area contributed by atoms with Crippen molar-refractivity contribution in [2.45, 2.75) is 19.3 Å². The Balaban J connectivity index is 1.23. The molecule has 57 heavy (non-hydrogen) atoms. The first-order valence-electron chi connectivity index (χ1n) is 20.0. The number of hydrogen-bond donors (Lipinski definition) is 0. The first-order chi connectivity index (χ1) is 28.0. The van der Waals surface area contributed by atoms with Gasteiger partial charge in [0.25, 0.3) is 0 Å². The van der Waals surface area contributed by atoms with E-state index in [4.69, 9.17) is 0 Å². The average molecular weight is 725 g/mol. The van der Waals surface area contributed by atoms with Crippen LogP contribution in [-0.4, -0.2) is 0 Å². The third kappa shape index (κ3) is 5.44. The average Bonchev–Trinajstić information content (AvgIpc) is 3.50. The molecule has 0 atom stereocenters. The van der Waals surface area contributed by atoms with Crippen molar-refractivity contribution in [3.8, 4) is 66.8 Å². The Morgan fingerprint density at radius 1 is 0.263 bits per heavy atom. The molecule has 10 aromatic carbocycles. The molecular weight excluding hydrogens is 685 g/mol. The van der Waals surface area contributed by atoms with Crippen molar-refractivity contribution in [2.24, 2.45) is 0 Å². The topological polar surface area (TPSA) is 0 Å². The molecule has 0 radical (unpaired) electrons. The van der Waals surface area contributed by atoms with Crippen LogP contribution in [0.2, 0.25) is 0 Å². The van der Waals surface area contributed by atoms with Crippen molar-refractivity contribution in [1.82, 2.24) is 0 Å². The van der Waals surface area contributed by atoms with E-state index < -0.39 is 0 Å². The van der Waals surface area contributed by atoms with Crippen LogP contribution in [0.5, 0.6) is 0 Å². The molecule has 0 amide bonds. The van der Waals surface area contributed by atoms with Crippen molar-refractivity contribution in [3.05, 3.63) is 217 Å². The van der Waals surface area contributed by atoms with E-state index in [2.05, 4.69) is 220 Å². The van der Waals surface area contributed by atoms with Crippen LogP contribution in [0, 0.1) is 0 Å². The molecule has 1 aliphatic rings. The number of hydrogen-bond acceptors (Lipinski definition) is 0. The van der Waals surface area contributed by atoms with Crippen molar-refractivity contribution < 1.29 is 0 Å². The molecule has 0 saturated heterocycles. The van der Waals surface area contributed by atoms with E-state index in [1.165, 1.54) is 110 Å². The highest BCUT2D eigenvalue weighted by atomic mass is 14.4. The van der Waals surface area contributed by atoms with Crippen LogP contribution in [0.25, 0.3) is 99.1 Å². The van der Waals surface area contributed by atoms with E-state index in [-0.39, 0.29) is 5.41 Å². The van der Waals surface area contributed by atoms with Gasteiger partial charge in [0.1, 0.15) is 0 Å². The fraction of sp³-hybridized carbons (Fsp3) is 0.0526. The smallest absolute Gasteiger partial charge is 0.0158 e. The van der Waals surface area contributed by atoms with Gasteiger partial charge in [0.2, 0.25) is 0 Å². The summed E-state index contributed by atoms with van der Waals surface area (Å²) in [6.45, 7) is 4.72. The van der Waals surface area contributed by atoms with Crippen molar-refractivity contribution in [3.63, 3.8) is 0 Å². The van der Waals surface area contributed by atoms with Gasteiger partial charge in [0.15, 0.2) is 0 Å². The third-order valence-corrected chi connectivity index (χ3v) is 12.4. The molecule has 0 aliphatic heterocycles. The predicted octanol–water partition coefficient (Wildman–Crippen LogP) is 15.8. The largest absolute Gasteiger partial charge is 0.0622 e. The molecule has 0 heteroatoms. The van der Waals surface area contributed by atoms with Gasteiger partial charge in [0, 0.05) is 5.41 Å². The summed E-state index contributed by atoms with van der Waals surface area (Å²) in [6, 6.07) is 76.7. The van der Waals surface area contributed by atoms with Gasteiger partial charge in [-0.3, -0.25) is 0 Å². The number of rotatable bonds is 5. The van der Waals surface area contributed by atoms with Crippen molar-refractivity contribution in [1.29, 1.82) is 0 Å². The maximum Gasteiger partial charge on any atom is 0.0158 e. The number of fused-ring (bicyclic) bond motifs is 6. The van der Waals surface area contributed by atoms with Crippen LogP contribution in [0.15, 0.2) is 206 Å². The van der Waals surface area contributed by atoms with Gasteiger partial charge in [0.05, 0.1) is 0 Å². The molecule has 11 rings (SSSR count). The summed E-state index contributed by atoms with van der Waals surface area (Å²) in [7, 11) is 0. The first kappa shape index (κ1) is 33.3. The Morgan fingerprint density at radius 3 is 1.49 bits per heavy atom. The minimum Gasteiger partial charge on any atom is -0.0622 e. The lowest BCUT2D eigenvalue weighted by Crippen LogP contribution is -2.14. The normalized spacial score (nSPS) is 12.9. The van der Waals surface area contributed by atoms with Crippen LogP contribution in [0.4, 0.5) is 0 Å². The quantitative estimate of drug-likeness (QED) is 0.155. The summed E-state index contributed by atoms with van der Waals surface area (Å²) in [5.74, 6) is 0. The van der Waals surface area contributed by atoms with E-state index in [0.29, 0.717) is 0 Å². The second-order valence-corrected chi connectivity index (χ2v) is 16.1. The molecule has 0 fully saturated rings. The molecule has 0 bridgehead atoms. The molecule has 268 valence electrons. The Kier molecular flexibility index (Phi) is 7.63. The molecule has 1 aliphatic carbocycles. The van der Waals surface area contributed by atoms with Gasteiger partial charge in [-0.2, -0.15) is 0 Å². The van der Waals surface area contributed by atoms with Gasteiger partial charge in [-0.1, -0.05) is 184 Å². The summed E-state index contributed by atoms with van der Waals surface area (Å²) < 4.78 is 0. The van der Waals surface area contributed by atoms with E-state index >= 15 is 0 Å². The zero-order valence-corrected chi connectivity index (χ0v) is 32.1. The summed E-state index contributed by atoms with van der Waals surface area (Å²) >= 11 is 0. The molecule has 10 aromatic rings. The first-order valence-corrected chi connectivity index (χ1v) is 20.0. The molecule has 0 spiro atoms. The highest BCUT2D eigenvalue weighted by Gasteiger charge is 2.35. The van der Waals surface area contributed by atoms with Crippen LogP contribution >= 0.6 is 0 Å². The van der Waals surface area contributed by atoms with Crippen molar-refractivity contribution in [2.75, 3.05) is 0 Å². The zero-order valence-electron chi connectivity index (χ0n) is 32.1. The lowest BCUT2D eigenvalue weighted by atomic mass is 9.81. The molecule has 0 heterocycles. The van der Waals surface area contributed by atoms with Crippen LogP contribution in [0.3, 0.4) is 0 Å². The van der Waals surface area contributed by atoms with Gasteiger partial charge < -0.3 is 0 Å². The van der Waals surface area contributed by atoms with Gasteiger partial charge in [-0.15, -0.1) is 0 Å². The summed E-state index contributed by atoms with van der Waals surface area (Å²) in [5.41, 5.74) is 17.7. The summed E-state index contributed by atoms with van der Waals surface area (Å²) in [4.78, 5) is 0. The minimum absolute atomic E-state index is 0.0536. The Hall–Kier alpha value is -7.02. The lowest BCUT2D eigenvalue weighted by Gasteiger charge is -2.22. The lowest BCUT2D eigenvalue weighted by molar-refractivity contribution is 0.660. The van der Waals surface area contributed by atoms with E-state index in [1.807, 2.05) is 0 Å². The monoisotopic (exact) mass is 724 g/mol. The standard InChI is InChI=1S/C57H40/c1-57(2)53-24-14-13-21-47(53)51-36-43(28-30-54(51)57)55-48-22-11-12-23-49(48)56(50-29-27-42(35-52(50)55)41-26-25-39-19-9-10-20-40(39)31-41)46-33-44(37-15-5-3-6-16-37)32-45(34-46)38-17-7-4-8-18-38/h3-36H,1-2H3.